The van der Waals surface area contributed by atoms with Gasteiger partial charge in [-0.25, -0.2) is 0 Å². The zero-order valence-electron chi connectivity index (χ0n) is 13.1. The number of esters is 1. The number of Topliss-reactive ketones (excluding diaryl/α,β-unsaturated/α-hetero) is 2. The SMILES string of the molecule is CCOC(=O)C(C)(C(=O)c1ccccc1)C1CCCC(=O)C1. The summed E-state index contributed by atoms with van der Waals surface area (Å²) in [6, 6.07) is 8.76. The average molecular weight is 302 g/mol. The molecule has 0 amide bonds. The highest BCUT2D eigenvalue weighted by atomic mass is 16.5. The number of hydrogen-bond donors (Lipinski definition) is 0. The summed E-state index contributed by atoms with van der Waals surface area (Å²) in [5.74, 6) is -0.956. The molecular formula is C18H22O4. The van der Waals surface area contributed by atoms with E-state index in [1.165, 1.54) is 0 Å². The molecular weight excluding hydrogens is 280 g/mol. The molecule has 2 unspecified atom stereocenters. The minimum Gasteiger partial charge on any atom is -0.465 e. The third kappa shape index (κ3) is 3.11. The van der Waals surface area contributed by atoms with E-state index in [4.69, 9.17) is 4.74 Å². The molecule has 4 heteroatoms. The predicted molar refractivity (Wildman–Crippen MR) is 82.5 cm³/mol. The fraction of sp³-hybridized carbons (Fsp3) is 0.500. The lowest BCUT2D eigenvalue weighted by molar-refractivity contribution is -0.155. The second-order valence-electron chi connectivity index (χ2n) is 5.95. The Morgan fingerprint density at radius 1 is 1.27 bits per heavy atom. The van der Waals surface area contributed by atoms with Gasteiger partial charge < -0.3 is 4.74 Å². The number of carbonyl (C=O) groups is 3. The molecule has 0 aliphatic heterocycles. The van der Waals surface area contributed by atoms with E-state index in [9.17, 15) is 14.4 Å². The molecule has 0 aromatic heterocycles. The highest BCUT2D eigenvalue weighted by Gasteiger charge is 2.50. The molecule has 0 N–H and O–H groups in total. The Kier molecular flexibility index (Phi) is 5.11. The molecule has 1 aromatic rings. The van der Waals surface area contributed by atoms with E-state index < -0.39 is 11.4 Å². The fourth-order valence-electron chi connectivity index (χ4n) is 3.13. The van der Waals surface area contributed by atoms with Crippen LogP contribution in [0.3, 0.4) is 0 Å². The maximum atomic E-state index is 13.0. The number of rotatable bonds is 5. The molecule has 2 atom stereocenters. The van der Waals surface area contributed by atoms with Crippen LogP contribution < -0.4 is 0 Å². The van der Waals surface area contributed by atoms with Crippen molar-refractivity contribution in [3.63, 3.8) is 0 Å². The topological polar surface area (TPSA) is 60.4 Å². The summed E-state index contributed by atoms with van der Waals surface area (Å²) in [5, 5.41) is 0. The number of ether oxygens (including phenoxy) is 1. The van der Waals surface area contributed by atoms with Crippen LogP contribution >= 0.6 is 0 Å². The van der Waals surface area contributed by atoms with Crippen molar-refractivity contribution >= 4 is 17.5 Å². The van der Waals surface area contributed by atoms with Gasteiger partial charge in [-0.15, -0.1) is 0 Å². The van der Waals surface area contributed by atoms with E-state index in [0.717, 1.165) is 6.42 Å². The van der Waals surface area contributed by atoms with Gasteiger partial charge in [0.2, 0.25) is 0 Å². The van der Waals surface area contributed by atoms with Crippen molar-refractivity contribution in [2.24, 2.45) is 11.3 Å². The van der Waals surface area contributed by atoms with E-state index in [1.807, 2.05) is 6.07 Å². The van der Waals surface area contributed by atoms with E-state index >= 15 is 0 Å². The third-order valence-corrected chi connectivity index (χ3v) is 4.51. The van der Waals surface area contributed by atoms with Gasteiger partial charge in [0.25, 0.3) is 0 Å². The van der Waals surface area contributed by atoms with Crippen LogP contribution in [0.25, 0.3) is 0 Å². The Labute approximate surface area is 130 Å². The van der Waals surface area contributed by atoms with Crippen molar-refractivity contribution < 1.29 is 19.1 Å². The van der Waals surface area contributed by atoms with Gasteiger partial charge >= 0.3 is 5.97 Å². The van der Waals surface area contributed by atoms with Gasteiger partial charge in [-0.2, -0.15) is 0 Å². The first-order chi connectivity index (χ1) is 10.5. The molecule has 0 bridgehead atoms. The Bertz CT molecular complexity index is 564. The van der Waals surface area contributed by atoms with E-state index in [1.54, 1.807) is 38.1 Å². The van der Waals surface area contributed by atoms with Gasteiger partial charge in [-0.1, -0.05) is 30.3 Å². The Hall–Kier alpha value is -1.97. The summed E-state index contributed by atoms with van der Waals surface area (Å²) < 4.78 is 5.17. The molecule has 1 aromatic carbocycles. The Morgan fingerprint density at radius 2 is 1.95 bits per heavy atom. The summed E-state index contributed by atoms with van der Waals surface area (Å²) in [6.45, 7) is 3.57. The zero-order valence-corrected chi connectivity index (χ0v) is 13.1. The number of hydrogen-bond acceptors (Lipinski definition) is 4. The van der Waals surface area contributed by atoms with Crippen molar-refractivity contribution in [2.75, 3.05) is 6.61 Å². The van der Waals surface area contributed by atoms with Crippen LogP contribution in [0.1, 0.15) is 49.9 Å². The van der Waals surface area contributed by atoms with Gasteiger partial charge in [-0.05, 0) is 32.6 Å². The van der Waals surface area contributed by atoms with Crippen LogP contribution in [-0.2, 0) is 14.3 Å². The first kappa shape index (κ1) is 16.4. The molecule has 2 rings (SSSR count). The molecule has 0 heterocycles. The molecule has 1 saturated carbocycles. The van der Waals surface area contributed by atoms with Gasteiger partial charge in [0.1, 0.15) is 11.2 Å². The minimum atomic E-state index is -1.30. The molecule has 4 nitrogen and oxygen atoms in total. The minimum absolute atomic E-state index is 0.118. The maximum Gasteiger partial charge on any atom is 0.320 e. The standard InChI is InChI=1S/C18H22O4/c1-3-22-17(21)18(2,14-10-7-11-15(19)12-14)16(20)13-8-5-4-6-9-13/h4-6,8-9,14H,3,7,10-12H2,1-2H3. The van der Waals surface area contributed by atoms with E-state index in [2.05, 4.69) is 0 Å². The number of ketones is 2. The summed E-state index contributed by atoms with van der Waals surface area (Å²) in [7, 11) is 0. The Balaban J connectivity index is 2.39. The van der Waals surface area contributed by atoms with Crippen molar-refractivity contribution in [3.05, 3.63) is 35.9 Å². The molecule has 0 radical (unpaired) electrons. The maximum absolute atomic E-state index is 13.0. The number of carbonyl (C=O) groups excluding carboxylic acids is 3. The second-order valence-corrected chi connectivity index (χ2v) is 5.95. The third-order valence-electron chi connectivity index (χ3n) is 4.51. The largest absolute Gasteiger partial charge is 0.465 e. The van der Waals surface area contributed by atoms with Gasteiger partial charge in [0.15, 0.2) is 5.78 Å². The highest BCUT2D eigenvalue weighted by molar-refractivity contribution is 6.12. The molecule has 0 saturated heterocycles. The summed E-state index contributed by atoms with van der Waals surface area (Å²) in [4.78, 5) is 37.3. The van der Waals surface area contributed by atoms with Crippen LogP contribution in [-0.4, -0.2) is 24.1 Å². The van der Waals surface area contributed by atoms with Crippen LogP contribution in [0.4, 0.5) is 0 Å². The predicted octanol–water partition coefficient (Wildman–Crippen LogP) is 3.20. The van der Waals surface area contributed by atoms with Crippen molar-refractivity contribution in [2.45, 2.75) is 39.5 Å². The Morgan fingerprint density at radius 3 is 2.55 bits per heavy atom. The molecule has 1 aliphatic carbocycles. The molecule has 1 fully saturated rings. The quantitative estimate of drug-likeness (QED) is 0.476. The lowest BCUT2D eigenvalue weighted by Crippen LogP contribution is -2.46. The van der Waals surface area contributed by atoms with Crippen LogP contribution in [0.2, 0.25) is 0 Å². The van der Waals surface area contributed by atoms with Gasteiger partial charge in [0.05, 0.1) is 6.61 Å². The molecule has 0 spiro atoms. The summed E-state index contributed by atoms with van der Waals surface area (Å²) >= 11 is 0. The first-order valence-corrected chi connectivity index (χ1v) is 7.79. The van der Waals surface area contributed by atoms with Gasteiger partial charge in [-0.3, -0.25) is 14.4 Å². The van der Waals surface area contributed by atoms with E-state index in [-0.39, 0.29) is 30.5 Å². The van der Waals surface area contributed by atoms with Gasteiger partial charge in [0, 0.05) is 18.4 Å². The molecule has 22 heavy (non-hydrogen) atoms. The smallest absolute Gasteiger partial charge is 0.320 e. The van der Waals surface area contributed by atoms with Crippen LogP contribution in [0, 0.1) is 11.3 Å². The highest BCUT2D eigenvalue weighted by Crippen LogP contribution is 2.41. The lowest BCUT2D eigenvalue weighted by atomic mass is 9.66. The van der Waals surface area contributed by atoms with Crippen LogP contribution in [0.15, 0.2) is 30.3 Å². The van der Waals surface area contributed by atoms with Crippen molar-refractivity contribution in [1.29, 1.82) is 0 Å². The zero-order chi connectivity index (χ0) is 16.2. The number of benzene rings is 1. The summed E-state index contributed by atoms with van der Waals surface area (Å²) in [6.07, 6.45) is 2.23. The van der Waals surface area contributed by atoms with Crippen molar-refractivity contribution in [1.82, 2.24) is 0 Å². The normalized spacial score (nSPS) is 21.0. The monoisotopic (exact) mass is 302 g/mol. The summed E-state index contributed by atoms with van der Waals surface area (Å²) in [5.41, 5.74) is -0.816. The molecule has 1 aliphatic rings. The first-order valence-electron chi connectivity index (χ1n) is 7.79. The average Bonchev–Trinajstić information content (AvgIpc) is 2.54. The van der Waals surface area contributed by atoms with Crippen LogP contribution in [0.5, 0.6) is 0 Å². The fourth-order valence-corrected chi connectivity index (χ4v) is 3.13. The second kappa shape index (κ2) is 6.86. The molecule has 118 valence electrons. The van der Waals surface area contributed by atoms with E-state index in [0.29, 0.717) is 18.4 Å². The lowest BCUT2D eigenvalue weighted by Gasteiger charge is -2.36. The van der Waals surface area contributed by atoms with Crippen molar-refractivity contribution in [3.8, 4) is 0 Å².